The molecule has 2 heterocycles. The Labute approximate surface area is 167 Å². The summed E-state index contributed by atoms with van der Waals surface area (Å²) in [6, 6.07) is 18.4. The lowest BCUT2D eigenvalue weighted by Crippen LogP contribution is -2.26. The van der Waals surface area contributed by atoms with E-state index in [1.165, 1.54) is 12.5 Å². The predicted molar refractivity (Wildman–Crippen MR) is 113 cm³/mol. The number of anilines is 1. The Balaban J connectivity index is 1.96. The zero-order chi connectivity index (χ0) is 20.4. The Morgan fingerprint density at radius 2 is 1.86 bits per heavy atom. The van der Waals surface area contributed by atoms with Gasteiger partial charge in [0, 0.05) is 16.5 Å². The molecule has 3 N–H and O–H groups in total. The molecular weight excluding hydrogens is 364 g/mol. The van der Waals surface area contributed by atoms with E-state index in [0.29, 0.717) is 33.5 Å². The van der Waals surface area contributed by atoms with Gasteiger partial charge in [-0.1, -0.05) is 42.5 Å². The predicted octanol–water partition coefficient (Wildman–Crippen LogP) is 3.22. The van der Waals surface area contributed by atoms with Crippen LogP contribution in [0.3, 0.4) is 0 Å². The van der Waals surface area contributed by atoms with Crippen molar-refractivity contribution in [3.05, 3.63) is 88.5 Å². The molecule has 1 unspecified atom stereocenters. The van der Waals surface area contributed by atoms with E-state index >= 15 is 0 Å². The monoisotopic (exact) mass is 382 g/mol. The third-order valence-corrected chi connectivity index (χ3v) is 4.82. The van der Waals surface area contributed by atoms with Gasteiger partial charge in [-0.2, -0.15) is 5.26 Å². The smallest absolute Gasteiger partial charge is 0.195 e. The highest BCUT2D eigenvalue weighted by atomic mass is 16.1. The van der Waals surface area contributed by atoms with Crippen molar-refractivity contribution in [1.82, 2.24) is 14.6 Å². The summed E-state index contributed by atoms with van der Waals surface area (Å²) in [7, 11) is 0. The number of para-hydroxylation sites is 1. The minimum atomic E-state index is -0.459. The van der Waals surface area contributed by atoms with Crippen LogP contribution >= 0.6 is 0 Å². The molecule has 7 nitrogen and oxygen atoms in total. The largest absolute Gasteiger partial charge is 0.362 e. The normalized spacial score (nSPS) is 11.7. The number of aromatic nitrogens is 3. The van der Waals surface area contributed by atoms with E-state index in [-0.39, 0.29) is 5.43 Å². The Kier molecular flexibility index (Phi) is 4.67. The van der Waals surface area contributed by atoms with Crippen LogP contribution in [0.1, 0.15) is 24.1 Å². The average Bonchev–Trinajstić information content (AvgIpc) is 2.77. The number of pyridine rings is 1. The van der Waals surface area contributed by atoms with Crippen LogP contribution in [-0.2, 0) is 0 Å². The maximum Gasteiger partial charge on any atom is 0.195 e. The molecule has 0 spiro atoms. The van der Waals surface area contributed by atoms with Crippen molar-refractivity contribution in [2.24, 2.45) is 0 Å². The Bertz CT molecular complexity index is 1290. The molecule has 0 bridgehead atoms. The first-order chi connectivity index (χ1) is 14.1. The van der Waals surface area contributed by atoms with Gasteiger partial charge in [-0.25, -0.2) is 9.97 Å². The van der Waals surface area contributed by atoms with Crippen LogP contribution in [0.2, 0.25) is 0 Å². The second-order valence-corrected chi connectivity index (χ2v) is 6.61. The molecule has 0 aliphatic heterocycles. The zero-order valence-corrected chi connectivity index (χ0v) is 15.7. The van der Waals surface area contributed by atoms with Crippen molar-refractivity contribution in [3.8, 4) is 17.3 Å². The first-order valence-electron chi connectivity index (χ1n) is 9.06. The van der Waals surface area contributed by atoms with Crippen LogP contribution in [0.15, 0.2) is 71.9 Å². The topological polar surface area (TPSA) is 110 Å². The van der Waals surface area contributed by atoms with Crippen molar-refractivity contribution in [1.29, 1.82) is 5.26 Å². The van der Waals surface area contributed by atoms with Gasteiger partial charge in [0.25, 0.3) is 0 Å². The van der Waals surface area contributed by atoms with Gasteiger partial charge in [0.15, 0.2) is 5.43 Å². The second-order valence-electron chi connectivity index (χ2n) is 6.61. The molecule has 4 aromatic rings. The standard InChI is InChI=1S/C22H18N6O/c1-14(27-22-16(11-23)12-25-13-26-22)19-20(15-7-3-2-4-8-15)28(24)18-10-6-5-9-17(18)21(19)29/h2-10,12-14H,24H2,1H3,(H,25,26,27). The SMILES string of the molecule is CC(Nc1ncncc1C#N)c1c(-c2ccccc2)n(N)c2ccccc2c1=O. The van der Waals surface area contributed by atoms with Crippen LogP contribution in [0.25, 0.3) is 22.2 Å². The summed E-state index contributed by atoms with van der Waals surface area (Å²) in [5, 5.41) is 13.0. The minimum Gasteiger partial charge on any atom is -0.362 e. The third kappa shape index (κ3) is 3.17. The maximum absolute atomic E-state index is 13.5. The first kappa shape index (κ1) is 18.2. The van der Waals surface area contributed by atoms with Crippen molar-refractivity contribution in [2.45, 2.75) is 13.0 Å². The molecule has 4 rings (SSSR count). The summed E-state index contributed by atoms with van der Waals surface area (Å²) >= 11 is 0. The molecule has 7 heteroatoms. The summed E-state index contributed by atoms with van der Waals surface area (Å²) in [5.41, 5.74) is 2.77. The van der Waals surface area contributed by atoms with E-state index in [9.17, 15) is 10.1 Å². The van der Waals surface area contributed by atoms with Gasteiger partial charge in [0.2, 0.25) is 0 Å². The lowest BCUT2D eigenvalue weighted by atomic mass is 9.97. The highest BCUT2D eigenvalue weighted by Gasteiger charge is 2.22. The quantitative estimate of drug-likeness (QED) is 0.525. The molecule has 0 radical (unpaired) electrons. The highest BCUT2D eigenvalue weighted by Crippen LogP contribution is 2.30. The Morgan fingerprint density at radius 3 is 2.62 bits per heavy atom. The molecule has 0 aliphatic carbocycles. The molecule has 0 saturated carbocycles. The number of hydrogen-bond donors (Lipinski definition) is 2. The average molecular weight is 382 g/mol. The van der Waals surface area contributed by atoms with Crippen molar-refractivity contribution < 1.29 is 0 Å². The van der Waals surface area contributed by atoms with E-state index < -0.39 is 6.04 Å². The fraction of sp³-hybridized carbons (Fsp3) is 0.0909. The van der Waals surface area contributed by atoms with Gasteiger partial charge in [-0.3, -0.25) is 9.47 Å². The van der Waals surface area contributed by atoms with Crippen molar-refractivity contribution in [3.63, 3.8) is 0 Å². The van der Waals surface area contributed by atoms with Crippen molar-refractivity contribution in [2.75, 3.05) is 11.2 Å². The van der Waals surface area contributed by atoms with Gasteiger partial charge >= 0.3 is 0 Å². The van der Waals surface area contributed by atoms with E-state index in [2.05, 4.69) is 21.4 Å². The van der Waals surface area contributed by atoms with Crippen LogP contribution in [0.4, 0.5) is 5.82 Å². The van der Waals surface area contributed by atoms with E-state index in [4.69, 9.17) is 5.84 Å². The molecule has 2 aromatic heterocycles. The number of fused-ring (bicyclic) bond motifs is 1. The summed E-state index contributed by atoms with van der Waals surface area (Å²) in [6.45, 7) is 1.85. The van der Waals surface area contributed by atoms with Gasteiger partial charge < -0.3 is 11.2 Å². The molecule has 1 atom stereocenters. The molecule has 0 saturated heterocycles. The minimum absolute atomic E-state index is 0.117. The van der Waals surface area contributed by atoms with E-state index in [1.54, 1.807) is 10.7 Å². The van der Waals surface area contributed by atoms with E-state index in [0.717, 1.165) is 5.56 Å². The molecule has 0 amide bonds. The fourth-order valence-corrected chi connectivity index (χ4v) is 3.47. The van der Waals surface area contributed by atoms with Gasteiger partial charge in [-0.15, -0.1) is 0 Å². The molecule has 0 aliphatic rings. The lowest BCUT2D eigenvalue weighted by Gasteiger charge is -2.22. The zero-order valence-electron chi connectivity index (χ0n) is 15.7. The first-order valence-corrected chi connectivity index (χ1v) is 9.06. The van der Waals surface area contributed by atoms with Crippen molar-refractivity contribution >= 4 is 16.7 Å². The number of benzene rings is 2. The number of hydrogen-bond acceptors (Lipinski definition) is 6. The Hall–Kier alpha value is -4.18. The summed E-state index contributed by atoms with van der Waals surface area (Å²) in [4.78, 5) is 21.5. The van der Waals surface area contributed by atoms with E-state index in [1.807, 2.05) is 55.5 Å². The molecular formula is C22H18N6O. The van der Waals surface area contributed by atoms with Gasteiger partial charge in [0.05, 0.1) is 23.4 Å². The summed E-state index contributed by atoms with van der Waals surface area (Å²) in [6.07, 6.45) is 2.79. The fourth-order valence-electron chi connectivity index (χ4n) is 3.47. The maximum atomic E-state index is 13.5. The second kappa shape index (κ2) is 7.44. The van der Waals surface area contributed by atoms with Gasteiger partial charge in [0.1, 0.15) is 23.8 Å². The molecule has 0 fully saturated rings. The molecule has 142 valence electrons. The molecule has 2 aromatic carbocycles. The number of nitriles is 1. The molecule has 29 heavy (non-hydrogen) atoms. The summed E-state index contributed by atoms with van der Waals surface area (Å²) < 4.78 is 1.55. The number of nitrogens with one attached hydrogen (secondary N) is 1. The van der Waals surface area contributed by atoms with Crippen LogP contribution < -0.4 is 16.6 Å². The third-order valence-electron chi connectivity index (χ3n) is 4.82. The number of nitrogen functional groups attached to an aromatic ring is 1. The number of nitrogens with zero attached hydrogens (tertiary/aromatic N) is 4. The highest BCUT2D eigenvalue weighted by molar-refractivity contribution is 5.85. The Morgan fingerprint density at radius 1 is 1.14 bits per heavy atom. The van der Waals surface area contributed by atoms with Crippen LogP contribution in [0, 0.1) is 11.3 Å². The number of nitrogens with two attached hydrogens (primary N) is 1. The number of rotatable bonds is 4. The van der Waals surface area contributed by atoms with Gasteiger partial charge in [-0.05, 0) is 19.1 Å². The van der Waals surface area contributed by atoms with Crippen LogP contribution in [-0.4, -0.2) is 14.6 Å². The summed E-state index contributed by atoms with van der Waals surface area (Å²) in [5.74, 6) is 6.85. The lowest BCUT2D eigenvalue weighted by molar-refractivity contribution is 0.847. The van der Waals surface area contributed by atoms with Crippen LogP contribution in [0.5, 0.6) is 0 Å².